The zero-order chi connectivity index (χ0) is 17.9. The van der Waals surface area contributed by atoms with E-state index in [1.807, 2.05) is 54.2 Å². The van der Waals surface area contributed by atoms with Crippen molar-refractivity contribution in [2.45, 2.75) is 19.3 Å². The summed E-state index contributed by atoms with van der Waals surface area (Å²) >= 11 is 0. The Hall–Kier alpha value is -3.15. The second-order valence-corrected chi connectivity index (χ2v) is 6.46. The molecule has 0 saturated heterocycles. The van der Waals surface area contributed by atoms with Crippen molar-refractivity contribution in [1.29, 1.82) is 0 Å². The fourth-order valence-corrected chi connectivity index (χ4v) is 3.34. The highest BCUT2D eigenvalue weighted by Gasteiger charge is 2.10. The van der Waals surface area contributed by atoms with Gasteiger partial charge in [0.15, 0.2) is 5.65 Å². The summed E-state index contributed by atoms with van der Waals surface area (Å²) in [6.45, 7) is 0.630. The van der Waals surface area contributed by atoms with Crippen molar-refractivity contribution in [2.75, 3.05) is 6.54 Å². The molecule has 0 saturated carbocycles. The molecule has 0 fully saturated rings. The van der Waals surface area contributed by atoms with Crippen LogP contribution in [0.25, 0.3) is 16.6 Å². The van der Waals surface area contributed by atoms with E-state index in [0.29, 0.717) is 13.0 Å². The van der Waals surface area contributed by atoms with E-state index in [4.69, 9.17) is 0 Å². The number of carbonyl (C=O) groups is 1. The van der Waals surface area contributed by atoms with E-state index in [1.54, 1.807) is 0 Å². The number of aryl methyl sites for hydroxylation is 2. The van der Waals surface area contributed by atoms with E-state index in [9.17, 15) is 4.79 Å². The molecule has 0 bridgehead atoms. The molecule has 0 aliphatic heterocycles. The van der Waals surface area contributed by atoms with Crippen LogP contribution in [0.1, 0.15) is 17.8 Å². The lowest BCUT2D eigenvalue weighted by Crippen LogP contribution is -2.26. The number of fused-ring (bicyclic) bond motifs is 2. The number of pyridine rings is 1. The van der Waals surface area contributed by atoms with Gasteiger partial charge in [-0.3, -0.25) is 9.20 Å². The van der Waals surface area contributed by atoms with E-state index >= 15 is 0 Å². The van der Waals surface area contributed by atoms with Crippen molar-refractivity contribution in [1.82, 2.24) is 24.5 Å². The largest absolute Gasteiger partial charge is 0.356 e. The van der Waals surface area contributed by atoms with E-state index < -0.39 is 0 Å². The molecule has 1 N–H and O–H groups in total. The number of nitrogens with zero attached hydrogens (tertiary/aromatic N) is 4. The van der Waals surface area contributed by atoms with Crippen LogP contribution in [0.4, 0.5) is 0 Å². The third-order valence-electron chi connectivity index (χ3n) is 4.61. The summed E-state index contributed by atoms with van der Waals surface area (Å²) in [4.78, 5) is 12.3. The SMILES string of the molecule is Cn1cc(CC(=O)NCCCc2nnc3ccccn23)c2ccccc21. The van der Waals surface area contributed by atoms with E-state index in [1.165, 1.54) is 0 Å². The lowest BCUT2D eigenvalue weighted by atomic mass is 10.1. The van der Waals surface area contributed by atoms with Crippen LogP contribution in [0.5, 0.6) is 0 Å². The van der Waals surface area contributed by atoms with Crippen LogP contribution in [0.2, 0.25) is 0 Å². The van der Waals surface area contributed by atoms with Crippen LogP contribution in [-0.4, -0.2) is 31.6 Å². The zero-order valence-corrected chi connectivity index (χ0v) is 14.7. The Morgan fingerprint density at radius 3 is 2.88 bits per heavy atom. The maximum Gasteiger partial charge on any atom is 0.224 e. The Labute approximate surface area is 151 Å². The molecule has 0 aliphatic carbocycles. The summed E-state index contributed by atoms with van der Waals surface area (Å²) in [7, 11) is 2.01. The molecule has 3 aromatic heterocycles. The van der Waals surface area contributed by atoms with E-state index in [2.05, 4.69) is 32.2 Å². The molecular weight excluding hydrogens is 326 g/mol. The number of para-hydroxylation sites is 1. The van der Waals surface area contributed by atoms with Gasteiger partial charge in [-0.2, -0.15) is 0 Å². The number of amides is 1. The van der Waals surface area contributed by atoms with Gasteiger partial charge in [0, 0.05) is 43.3 Å². The van der Waals surface area contributed by atoms with Crippen LogP contribution in [0.15, 0.2) is 54.9 Å². The Morgan fingerprint density at radius 2 is 1.96 bits per heavy atom. The van der Waals surface area contributed by atoms with Gasteiger partial charge in [-0.25, -0.2) is 0 Å². The van der Waals surface area contributed by atoms with Gasteiger partial charge in [0.2, 0.25) is 5.91 Å². The van der Waals surface area contributed by atoms with Crippen molar-refractivity contribution in [3.63, 3.8) is 0 Å². The molecule has 1 amide bonds. The highest BCUT2D eigenvalue weighted by Crippen LogP contribution is 2.20. The first-order chi connectivity index (χ1) is 12.7. The van der Waals surface area contributed by atoms with E-state index in [-0.39, 0.29) is 5.91 Å². The average molecular weight is 347 g/mol. The number of nitrogens with one attached hydrogen (secondary N) is 1. The molecule has 26 heavy (non-hydrogen) atoms. The zero-order valence-electron chi connectivity index (χ0n) is 14.7. The van der Waals surface area contributed by atoms with Crippen molar-refractivity contribution in [3.05, 3.63) is 66.2 Å². The molecule has 0 spiro atoms. The van der Waals surface area contributed by atoms with Gasteiger partial charge >= 0.3 is 0 Å². The van der Waals surface area contributed by atoms with Gasteiger partial charge in [-0.1, -0.05) is 24.3 Å². The summed E-state index contributed by atoms with van der Waals surface area (Å²) in [6, 6.07) is 14.0. The first-order valence-corrected chi connectivity index (χ1v) is 8.80. The fourth-order valence-electron chi connectivity index (χ4n) is 3.34. The van der Waals surface area contributed by atoms with Gasteiger partial charge in [-0.05, 0) is 30.2 Å². The highest BCUT2D eigenvalue weighted by atomic mass is 16.1. The molecular formula is C20H21N5O. The normalized spacial score (nSPS) is 11.3. The second-order valence-electron chi connectivity index (χ2n) is 6.46. The van der Waals surface area contributed by atoms with Crippen LogP contribution in [0, 0.1) is 0 Å². The summed E-state index contributed by atoms with van der Waals surface area (Å²) in [5.41, 5.74) is 3.06. The lowest BCUT2D eigenvalue weighted by molar-refractivity contribution is -0.120. The van der Waals surface area contributed by atoms with Gasteiger partial charge < -0.3 is 9.88 Å². The lowest BCUT2D eigenvalue weighted by Gasteiger charge is -2.04. The topological polar surface area (TPSA) is 64.2 Å². The van der Waals surface area contributed by atoms with Crippen LogP contribution < -0.4 is 5.32 Å². The Balaban J connectivity index is 1.31. The summed E-state index contributed by atoms with van der Waals surface area (Å²) in [6.07, 6.45) is 6.00. The first kappa shape index (κ1) is 16.3. The molecule has 0 radical (unpaired) electrons. The molecule has 1 aromatic carbocycles. The molecule has 0 unspecified atom stereocenters. The number of hydrogen-bond acceptors (Lipinski definition) is 3. The van der Waals surface area contributed by atoms with E-state index in [0.717, 1.165) is 40.8 Å². The van der Waals surface area contributed by atoms with Gasteiger partial charge in [0.1, 0.15) is 5.82 Å². The monoisotopic (exact) mass is 347 g/mol. The second kappa shape index (κ2) is 7.00. The molecule has 6 nitrogen and oxygen atoms in total. The van der Waals surface area contributed by atoms with Gasteiger partial charge in [-0.15, -0.1) is 10.2 Å². The van der Waals surface area contributed by atoms with Crippen LogP contribution >= 0.6 is 0 Å². The molecule has 0 aliphatic rings. The van der Waals surface area contributed by atoms with Crippen LogP contribution in [0.3, 0.4) is 0 Å². The maximum absolute atomic E-state index is 12.3. The third kappa shape index (κ3) is 3.18. The fraction of sp³-hybridized carbons (Fsp3) is 0.250. The average Bonchev–Trinajstić information content (AvgIpc) is 3.21. The number of carbonyl (C=O) groups excluding carboxylic acids is 1. The van der Waals surface area contributed by atoms with Gasteiger partial charge in [0.05, 0.1) is 6.42 Å². The smallest absolute Gasteiger partial charge is 0.224 e. The number of aromatic nitrogens is 4. The first-order valence-electron chi connectivity index (χ1n) is 8.80. The molecule has 0 atom stereocenters. The quantitative estimate of drug-likeness (QED) is 0.545. The van der Waals surface area contributed by atoms with Crippen LogP contribution in [-0.2, 0) is 24.7 Å². The molecule has 4 aromatic rings. The van der Waals surface area contributed by atoms with Crippen molar-refractivity contribution < 1.29 is 4.79 Å². The van der Waals surface area contributed by atoms with Crippen molar-refractivity contribution >= 4 is 22.5 Å². The molecule has 3 heterocycles. The Kier molecular flexibility index (Phi) is 4.39. The summed E-state index contributed by atoms with van der Waals surface area (Å²) < 4.78 is 4.05. The number of hydrogen-bond donors (Lipinski definition) is 1. The minimum absolute atomic E-state index is 0.0486. The maximum atomic E-state index is 12.3. The standard InChI is InChI=1S/C20H21N5O/c1-24-14-15(16-7-2-3-8-17(16)24)13-20(26)21-11-6-10-19-23-22-18-9-4-5-12-25(18)19/h2-5,7-9,12,14H,6,10-11,13H2,1H3,(H,21,26). The Bertz CT molecular complexity index is 1060. The van der Waals surface area contributed by atoms with Crippen molar-refractivity contribution in [2.24, 2.45) is 7.05 Å². The molecule has 132 valence electrons. The number of rotatable bonds is 6. The predicted molar refractivity (Wildman–Crippen MR) is 101 cm³/mol. The molecule has 6 heteroatoms. The predicted octanol–water partition coefficient (Wildman–Crippen LogP) is 2.51. The minimum Gasteiger partial charge on any atom is -0.356 e. The Morgan fingerprint density at radius 1 is 1.12 bits per heavy atom. The highest BCUT2D eigenvalue weighted by molar-refractivity contribution is 5.89. The minimum atomic E-state index is 0.0486. The molecule has 4 rings (SSSR count). The number of benzene rings is 1. The third-order valence-corrected chi connectivity index (χ3v) is 4.61. The van der Waals surface area contributed by atoms with Gasteiger partial charge in [0.25, 0.3) is 0 Å². The summed E-state index contributed by atoms with van der Waals surface area (Å²) in [5, 5.41) is 12.5. The summed E-state index contributed by atoms with van der Waals surface area (Å²) in [5.74, 6) is 0.969. The van der Waals surface area contributed by atoms with Crippen molar-refractivity contribution in [3.8, 4) is 0 Å².